The second-order valence-electron chi connectivity index (χ2n) is 5.33. The molecule has 21 heavy (non-hydrogen) atoms. The van der Waals surface area contributed by atoms with Crippen molar-refractivity contribution >= 4 is 5.69 Å². The molecular weight excluding hydrogens is 262 g/mol. The van der Waals surface area contributed by atoms with Crippen molar-refractivity contribution in [2.45, 2.75) is 33.7 Å². The van der Waals surface area contributed by atoms with Crippen LogP contribution in [-0.4, -0.2) is 49.6 Å². The molecule has 4 heteroatoms. The number of nitrogen functional groups attached to an aromatic ring is 1. The molecule has 0 aliphatic heterocycles. The SMILES string of the molecule is CCN(CC)CCCN(CC)Cc1ccc(OC)c(N)c1. The Kier molecular flexibility index (Phi) is 8.16. The minimum absolute atomic E-state index is 0.717. The van der Waals surface area contributed by atoms with Gasteiger partial charge in [0.1, 0.15) is 5.75 Å². The van der Waals surface area contributed by atoms with E-state index in [4.69, 9.17) is 10.5 Å². The summed E-state index contributed by atoms with van der Waals surface area (Å²) in [4.78, 5) is 4.93. The third-order valence-corrected chi connectivity index (χ3v) is 3.99. The van der Waals surface area contributed by atoms with Crippen molar-refractivity contribution in [3.63, 3.8) is 0 Å². The lowest BCUT2D eigenvalue weighted by molar-refractivity contribution is 0.238. The van der Waals surface area contributed by atoms with Crippen LogP contribution in [0.15, 0.2) is 18.2 Å². The van der Waals surface area contributed by atoms with E-state index in [0.29, 0.717) is 5.69 Å². The predicted molar refractivity (Wildman–Crippen MR) is 90.8 cm³/mol. The molecule has 2 N–H and O–H groups in total. The highest BCUT2D eigenvalue weighted by molar-refractivity contribution is 5.54. The summed E-state index contributed by atoms with van der Waals surface area (Å²) < 4.78 is 5.20. The largest absolute Gasteiger partial charge is 0.495 e. The van der Waals surface area contributed by atoms with Crippen molar-refractivity contribution in [1.29, 1.82) is 0 Å². The third kappa shape index (κ3) is 5.94. The molecule has 1 aromatic rings. The normalized spacial score (nSPS) is 11.3. The van der Waals surface area contributed by atoms with Gasteiger partial charge in [-0.15, -0.1) is 0 Å². The number of anilines is 1. The van der Waals surface area contributed by atoms with E-state index in [2.05, 4.69) is 36.6 Å². The summed E-state index contributed by atoms with van der Waals surface area (Å²) in [6.45, 7) is 13.2. The van der Waals surface area contributed by atoms with Gasteiger partial charge in [0.2, 0.25) is 0 Å². The Labute approximate surface area is 129 Å². The Hall–Kier alpha value is -1.26. The fourth-order valence-corrected chi connectivity index (χ4v) is 2.55. The molecular formula is C17H31N3O. The smallest absolute Gasteiger partial charge is 0.141 e. The molecule has 0 amide bonds. The summed E-state index contributed by atoms with van der Waals surface area (Å²) in [5.41, 5.74) is 7.94. The van der Waals surface area contributed by atoms with Crippen molar-refractivity contribution in [2.75, 3.05) is 45.6 Å². The van der Waals surface area contributed by atoms with Crippen LogP contribution < -0.4 is 10.5 Å². The number of ether oxygens (including phenoxy) is 1. The maximum absolute atomic E-state index is 5.97. The predicted octanol–water partition coefficient (Wildman–Crippen LogP) is 2.83. The van der Waals surface area contributed by atoms with Crippen molar-refractivity contribution in [3.8, 4) is 5.75 Å². The van der Waals surface area contributed by atoms with Crippen LogP contribution in [0.1, 0.15) is 32.8 Å². The van der Waals surface area contributed by atoms with Gasteiger partial charge >= 0.3 is 0 Å². The number of benzene rings is 1. The van der Waals surface area contributed by atoms with E-state index in [9.17, 15) is 0 Å². The van der Waals surface area contributed by atoms with Crippen LogP contribution >= 0.6 is 0 Å². The van der Waals surface area contributed by atoms with Crippen molar-refractivity contribution in [2.24, 2.45) is 0 Å². The van der Waals surface area contributed by atoms with E-state index in [1.165, 1.54) is 18.5 Å². The maximum atomic E-state index is 5.97. The van der Waals surface area contributed by atoms with Crippen LogP contribution in [0.5, 0.6) is 5.75 Å². The summed E-state index contributed by atoms with van der Waals surface area (Å²) in [5.74, 6) is 0.753. The molecule has 0 saturated carbocycles. The second kappa shape index (κ2) is 9.64. The lowest BCUT2D eigenvalue weighted by atomic mass is 10.1. The molecule has 0 aromatic heterocycles. The van der Waals surface area contributed by atoms with E-state index >= 15 is 0 Å². The first-order valence-corrected chi connectivity index (χ1v) is 8.01. The summed E-state index contributed by atoms with van der Waals surface area (Å²) in [6.07, 6.45) is 1.21. The number of nitrogens with two attached hydrogens (primary N) is 1. The minimum Gasteiger partial charge on any atom is -0.495 e. The van der Waals surface area contributed by atoms with Crippen molar-refractivity contribution in [1.82, 2.24) is 9.80 Å². The van der Waals surface area contributed by atoms with Gasteiger partial charge in [-0.3, -0.25) is 4.90 Å². The molecule has 4 nitrogen and oxygen atoms in total. The molecule has 0 atom stereocenters. The van der Waals surface area contributed by atoms with E-state index < -0.39 is 0 Å². The Balaban J connectivity index is 2.48. The van der Waals surface area contributed by atoms with E-state index in [-0.39, 0.29) is 0 Å². The molecule has 0 aliphatic rings. The zero-order chi connectivity index (χ0) is 15.7. The zero-order valence-corrected chi connectivity index (χ0v) is 14.1. The van der Waals surface area contributed by atoms with Crippen LogP contribution in [-0.2, 0) is 6.54 Å². The molecule has 0 bridgehead atoms. The Morgan fingerprint density at radius 2 is 1.62 bits per heavy atom. The number of hydrogen-bond donors (Lipinski definition) is 1. The highest BCUT2D eigenvalue weighted by Gasteiger charge is 2.07. The fraction of sp³-hybridized carbons (Fsp3) is 0.647. The van der Waals surface area contributed by atoms with Crippen LogP contribution in [0.25, 0.3) is 0 Å². The number of rotatable bonds is 10. The lowest BCUT2D eigenvalue weighted by Gasteiger charge is -2.23. The van der Waals surface area contributed by atoms with E-state index in [1.807, 2.05) is 12.1 Å². The Bertz CT molecular complexity index is 405. The molecule has 0 spiro atoms. The second-order valence-corrected chi connectivity index (χ2v) is 5.33. The van der Waals surface area contributed by atoms with Gasteiger partial charge < -0.3 is 15.4 Å². The van der Waals surface area contributed by atoms with Gasteiger partial charge in [-0.1, -0.05) is 26.8 Å². The fourth-order valence-electron chi connectivity index (χ4n) is 2.55. The quantitative estimate of drug-likeness (QED) is 0.674. The van der Waals surface area contributed by atoms with Gasteiger partial charge in [-0.25, -0.2) is 0 Å². The number of hydrogen-bond acceptors (Lipinski definition) is 4. The highest BCUT2D eigenvalue weighted by atomic mass is 16.5. The minimum atomic E-state index is 0.717. The van der Waals surface area contributed by atoms with Gasteiger partial charge in [0.15, 0.2) is 0 Å². The van der Waals surface area contributed by atoms with Crippen molar-refractivity contribution in [3.05, 3.63) is 23.8 Å². The summed E-state index contributed by atoms with van der Waals surface area (Å²) in [7, 11) is 1.65. The van der Waals surface area contributed by atoms with E-state index in [0.717, 1.165) is 38.5 Å². The van der Waals surface area contributed by atoms with E-state index in [1.54, 1.807) is 7.11 Å². The Morgan fingerprint density at radius 1 is 1.00 bits per heavy atom. The number of methoxy groups -OCH3 is 1. The van der Waals surface area contributed by atoms with Crippen LogP contribution in [0.2, 0.25) is 0 Å². The van der Waals surface area contributed by atoms with Gasteiger partial charge in [0, 0.05) is 6.54 Å². The first-order chi connectivity index (χ1) is 10.1. The zero-order valence-electron chi connectivity index (χ0n) is 14.1. The van der Waals surface area contributed by atoms with Crippen LogP contribution in [0.4, 0.5) is 5.69 Å². The molecule has 0 heterocycles. The average Bonchev–Trinajstić information content (AvgIpc) is 2.50. The first kappa shape index (κ1) is 17.8. The molecule has 1 rings (SSSR count). The van der Waals surface area contributed by atoms with Crippen LogP contribution in [0, 0.1) is 0 Å². The lowest BCUT2D eigenvalue weighted by Crippen LogP contribution is -2.29. The topological polar surface area (TPSA) is 41.7 Å². The van der Waals surface area contributed by atoms with Gasteiger partial charge in [0.05, 0.1) is 12.8 Å². The monoisotopic (exact) mass is 293 g/mol. The summed E-state index contributed by atoms with van der Waals surface area (Å²) >= 11 is 0. The summed E-state index contributed by atoms with van der Waals surface area (Å²) in [6, 6.07) is 6.07. The molecule has 0 fully saturated rings. The first-order valence-electron chi connectivity index (χ1n) is 8.01. The van der Waals surface area contributed by atoms with Crippen LogP contribution in [0.3, 0.4) is 0 Å². The molecule has 1 aromatic carbocycles. The highest BCUT2D eigenvalue weighted by Crippen LogP contribution is 2.22. The van der Waals surface area contributed by atoms with Gasteiger partial charge in [0.25, 0.3) is 0 Å². The average molecular weight is 293 g/mol. The number of nitrogens with zero attached hydrogens (tertiary/aromatic N) is 2. The third-order valence-electron chi connectivity index (χ3n) is 3.99. The molecule has 0 saturated heterocycles. The standard InChI is InChI=1S/C17H31N3O/c1-5-19(6-2)11-8-12-20(7-3)14-15-9-10-17(21-4)16(18)13-15/h9-10,13H,5-8,11-12,14,18H2,1-4H3. The summed E-state index contributed by atoms with van der Waals surface area (Å²) in [5, 5.41) is 0. The molecule has 0 aliphatic carbocycles. The van der Waals surface area contributed by atoms with Crippen molar-refractivity contribution < 1.29 is 4.74 Å². The maximum Gasteiger partial charge on any atom is 0.141 e. The van der Waals surface area contributed by atoms with Gasteiger partial charge in [-0.05, 0) is 56.8 Å². The Morgan fingerprint density at radius 3 is 2.14 bits per heavy atom. The molecule has 120 valence electrons. The molecule has 0 radical (unpaired) electrons. The molecule has 0 unspecified atom stereocenters. The van der Waals surface area contributed by atoms with Gasteiger partial charge in [-0.2, -0.15) is 0 Å².